The number of benzene rings is 1. The Morgan fingerprint density at radius 1 is 1.43 bits per heavy atom. The molecule has 1 atom stereocenters. The highest BCUT2D eigenvalue weighted by atomic mass is 19.1. The van der Waals surface area contributed by atoms with Crippen LogP contribution in [0.4, 0.5) is 4.39 Å². The van der Waals surface area contributed by atoms with E-state index in [9.17, 15) is 9.18 Å². The van der Waals surface area contributed by atoms with Gasteiger partial charge in [0.25, 0.3) is 0 Å². The SMILES string of the molecule is Cc1ccn(CC(=O)N2CCO[C@@H](Cc3cccc(F)c3)C2)n1. The number of aryl methyl sites for hydroxylation is 1. The van der Waals surface area contributed by atoms with E-state index < -0.39 is 0 Å². The predicted molar refractivity (Wildman–Crippen MR) is 83.4 cm³/mol. The molecule has 3 rings (SSSR count). The molecule has 0 spiro atoms. The van der Waals surface area contributed by atoms with Gasteiger partial charge < -0.3 is 9.64 Å². The number of rotatable bonds is 4. The van der Waals surface area contributed by atoms with Gasteiger partial charge in [0, 0.05) is 25.7 Å². The fraction of sp³-hybridized carbons (Fsp3) is 0.412. The Kier molecular flexibility index (Phi) is 4.71. The van der Waals surface area contributed by atoms with Crippen LogP contribution in [0.2, 0.25) is 0 Å². The maximum atomic E-state index is 13.3. The van der Waals surface area contributed by atoms with E-state index in [0.717, 1.165) is 11.3 Å². The van der Waals surface area contributed by atoms with E-state index in [1.54, 1.807) is 21.8 Å². The first kappa shape index (κ1) is 15.7. The number of halogens is 1. The molecule has 1 fully saturated rings. The van der Waals surface area contributed by atoms with Crippen molar-refractivity contribution in [3.8, 4) is 0 Å². The summed E-state index contributed by atoms with van der Waals surface area (Å²) in [7, 11) is 0. The van der Waals surface area contributed by atoms with Gasteiger partial charge in [0.1, 0.15) is 12.4 Å². The van der Waals surface area contributed by atoms with Crippen LogP contribution < -0.4 is 0 Å². The van der Waals surface area contributed by atoms with E-state index in [1.807, 2.05) is 19.1 Å². The monoisotopic (exact) mass is 317 g/mol. The molecule has 0 aliphatic carbocycles. The summed E-state index contributed by atoms with van der Waals surface area (Å²) >= 11 is 0. The van der Waals surface area contributed by atoms with E-state index in [-0.39, 0.29) is 24.4 Å². The van der Waals surface area contributed by atoms with Crippen LogP contribution in [-0.2, 0) is 22.5 Å². The molecule has 0 N–H and O–H groups in total. The first-order valence-corrected chi connectivity index (χ1v) is 7.74. The van der Waals surface area contributed by atoms with E-state index in [1.165, 1.54) is 12.1 Å². The van der Waals surface area contributed by atoms with Crippen molar-refractivity contribution in [1.82, 2.24) is 14.7 Å². The molecular formula is C17H20FN3O2. The van der Waals surface area contributed by atoms with Crippen LogP contribution in [0, 0.1) is 12.7 Å². The van der Waals surface area contributed by atoms with Crippen molar-refractivity contribution < 1.29 is 13.9 Å². The van der Waals surface area contributed by atoms with Crippen LogP contribution >= 0.6 is 0 Å². The smallest absolute Gasteiger partial charge is 0.244 e. The van der Waals surface area contributed by atoms with Crippen molar-refractivity contribution in [3.05, 3.63) is 53.6 Å². The van der Waals surface area contributed by atoms with Crippen molar-refractivity contribution in [3.63, 3.8) is 0 Å². The number of amides is 1. The Balaban J connectivity index is 1.58. The van der Waals surface area contributed by atoms with Gasteiger partial charge in [-0.3, -0.25) is 9.48 Å². The number of aromatic nitrogens is 2. The fourth-order valence-electron chi connectivity index (χ4n) is 2.79. The standard InChI is InChI=1S/C17H20FN3O2/c1-13-5-6-21(19-13)12-17(22)20-7-8-23-16(11-20)10-14-3-2-4-15(18)9-14/h2-6,9,16H,7-8,10-12H2,1H3/t16-/m0/s1. The fourth-order valence-corrected chi connectivity index (χ4v) is 2.79. The minimum absolute atomic E-state index is 0.0284. The zero-order valence-corrected chi connectivity index (χ0v) is 13.1. The number of carbonyl (C=O) groups excluding carboxylic acids is 1. The molecule has 0 saturated carbocycles. The number of ether oxygens (including phenoxy) is 1. The molecule has 0 unspecified atom stereocenters. The van der Waals surface area contributed by atoms with Crippen molar-refractivity contribution >= 4 is 5.91 Å². The van der Waals surface area contributed by atoms with Crippen LogP contribution in [-0.4, -0.2) is 46.4 Å². The van der Waals surface area contributed by atoms with Gasteiger partial charge >= 0.3 is 0 Å². The molecule has 1 aliphatic rings. The van der Waals surface area contributed by atoms with E-state index in [0.29, 0.717) is 26.1 Å². The van der Waals surface area contributed by atoms with E-state index in [4.69, 9.17) is 4.74 Å². The Morgan fingerprint density at radius 3 is 3.04 bits per heavy atom. The van der Waals surface area contributed by atoms with Crippen LogP contribution in [0.1, 0.15) is 11.3 Å². The van der Waals surface area contributed by atoms with Crippen LogP contribution in [0.15, 0.2) is 36.5 Å². The molecule has 1 aliphatic heterocycles. The van der Waals surface area contributed by atoms with Crippen molar-refractivity contribution in [2.24, 2.45) is 0 Å². The molecule has 122 valence electrons. The molecule has 23 heavy (non-hydrogen) atoms. The molecule has 0 bridgehead atoms. The number of nitrogens with zero attached hydrogens (tertiary/aromatic N) is 3. The van der Waals surface area contributed by atoms with Crippen LogP contribution in [0.5, 0.6) is 0 Å². The lowest BCUT2D eigenvalue weighted by atomic mass is 10.1. The molecule has 1 amide bonds. The number of hydrogen-bond donors (Lipinski definition) is 0. The average Bonchev–Trinajstić information content (AvgIpc) is 2.92. The third-order valence-electron chi connectivity index (χ3n) is 3.92. The third-order valence-corrected chi connectivity index (χ3v) is 3.92. The molecule has 2 heterocycles. The Hall–Kier alpha value is -2.21. The second-order valence-electron chi connectivity index (χ2n) is 5.82. The van der Waals surface area contributed by atoms with Gasteiger partial charge in [-0.05, 0) is 30.7 Å². The number of carbonyl (C=O) groups is 1. The normalized spacial score (nSPS) is 18.2. The van der Waals surface area contributed by atoms with E-state index in [2.05, 4.69) is 5.10 Å². The molecule has 1 aromatic heterocycles. The summed E-state index contributed by atoms with van der Waals surface area (Å²) in [6.07, 6.45) is 2.30. The summed E-state index contributed by atoms with van der Waals surface area (Å²) in [5.74, 6) is -0.221. The van der Waals surface area contributed by atoms with Gasteiger partial charge in [0.15, 0.2) is 0 Å². The molecular weight excluding hydrogens is 297 g/mol. The van der Waals surface area contributed by atoms with Crippen molar-refractivity contribution in [2.75, 3.05) is 19.7 Å². The lowest BCUT2D eigenvalue weighted by Crippen LogP contribution is -2.47. The molecule has 6 heteroatoms. The second-order valence-corrected chi connectivity index (χ2v) is 5.82. The molecule has 5 nitrogen and oxygen atoms in total. The van der Waals surface area contributed by atoms with Gasteiger partial charge in [-0.2, -0.15) is 5.10 Å². The van der Waals surface area contributed by atoms with Gasteiger partial charge in [0.05, 0.1) is 18.4 Å². The molecule has 1 aromatic carbocycles. The summed E-state index contributed by atoms with van der Waals surface area (Å²) in [5, 5.41) is 4.24. The van der Waals surface area contributed by atoms with Crippen LogP contribution in [0.25, 0.3) is 0 Å². The molecule has 0 radical (unpaired) electrons. The maximum absolute atomic E-state index is 13.3. The zero-order chi connectivity index (χ0) is 16.2. The van der Waals surface area contributed by atoms with Gasteiger partial charge in [-0.15, -0.1) is 0 Å². The van der Waals surface area contributed by atoms with E-state index >= 15 is 0 Å². The van der Waals surface area contributed by atoms with Crippen molar-refractivity contribution in [2.45, 2.75) is 26.0 Å². The topological polar surface area (TPSA) is 47.4 Å². The average molecular weight is 317 g/mol. The van der Waals surface area contributed by atoms with Crippen LogP contribution in [0.3, 0.4) is 0 Å². The Labute approximate surface area is 134 Å². The van der Waals surface area contributed by atoms with Gasteiger partial charge in [-0.1, -0.05) is 12.1 Å². The summed E-state index contributed by atoms with van der Waals surface area (Å²) < 4.78 is 20.6. The first-order chi connectivity index (χ1) is 11.1. The summed E-state index contributed by atoms with van der Waals surface area (Å²) in [6, 6.07) is 8.37. The highest BCUT2D eigenvalue weighted by Crippen LogP contribution is 2.13. The highest BCUT2D eigenvalue weighted by Gasteiger charge is 2.24. The van der Waals surface area contributed by atoms with Crippen molar-refractivity contribution in [1.29, 1.82) is 0 Å². The third kappa shape index (κ3) is 4.16. The molecule has 1 saturated heterocycles. The minimum Gasteiger partial charge on any atom is -0.374 e. The number of hydrogen-bond acceptors (Lipinski definition) is 3. The first-order valence-electron chi connectivity index (χ1n) is 7.74. The Morgan fingerprint density at radius 2 is 2.30 bits per heavy atom. The Bertz CT molecular complexity index is 686. The summed E-state index contributed by atoms with van der Waals surface area (Å²) in [6.45, 7) is 3.74. The highest BCUT2D eigenvalue weighted by molar-refractivity contribution is 5.76. The minimum atomic E-state index is -0.250. The zero-order valence-electron chi connectivity index (χ0n) is 13.1. The summed E-state index contributed by atoms with van der Waals surface area (Å²) in [5.41, 5.74) is 1.77. The largest absolute Gasteiger partial charge is 0.374 e. The lowest BCUT2D eigenvalue weighted by molar-refractivity contribution is -0.139. The second kappa shape index (κ2) is 6.91. The van der Waals surface area contributed by atoms with Gasteiger partial charge in [0.2, 0.25) is 5.91 Å². The van der Waals surface area contributed by atoms with Gasteiger partial charge in [-0.25, -0.2) is 4.39 Å². The molecule has 2 aromatic rings. The summed E-state index contributed by atoms with van der Waals surface area (Å²) in [4.78, 5) is 14.2. The number of morpholine rings is 1. The lowest BCUT2D eigenvalue weighted by Gasteiger charge is -2.33. The maximum Gasteiger partial charge on any atom is 0.244 e. The predicted octanol–water partition coefficient (Wildman–Crippen LogP) is 1.80. The quantitative estimate of drug-likeness (QED) is 0.864.